The molecule has 2 fully saturated rings. The summed E-state index contributed by atoms with van der Waals surface area (Å²) >= 11 is 3.94. The van der Waals surface area contributed by atoms with Gasteiger partial charge in [0, 0.05) is 6.04 Å². The van der Waals surface area contributed by atoms with Crippen LogP contribution in [0.5, 0.6) is 0 Å². The fraction of sp³-hybridized carbons (Fsp3) is 0.900. The maximum Gasteiger partial charge on any atom is 0.0587 e. The van der Waals surface area contributed by atoms with Crippen LogP contribution in [0.2, 0.25) is 0 Å². The second-order valence-electron chi connectivity index (χ2n) is 3.73. The summed E-state index contributed by atoms with van der Waals surface area (Å²) in [6.45, 7) is 0. The molecule has 88 valence electrons. The zero-order valence-corrected chi connectivity index (χ0v) is 10.7. The predicted molar refractivity (Wildman–Crippen MR) is 70.3 cm³/mol. The molecule has 0 spiro atoms. The summed E-state index contributed by atoms with van der Waals surface area (Å²) in [5.41, 5.74) is 6.58. The molecule has 2 heterocycles. The number of oxime groups is 1. The topological polar surface area (TPSA) is 58.6 Å². The van der Waals surface area contributed by atoms with E-state index in [0.29, 0.717) is 6.04 Å². The van der Waals surface area contributed by atoms with Crippen LogP contribution in [0.4, 0.5) is 0 Å². The number of nitrogens with two attached hydrogens (primary N) is 1. The Kier molecular flexibility index (Phi) is 7.30. The Morgan fingerprint density at radius 2 is 1.60 bits per heavy atom. The number of nitrogens with zero attached hydrogens (tertiary/aromatic N) is 1. The largest absolute Gasteiger partial charge is 0.411 e. The summed E-state index contributed by atoms with van der Waals surface area (Å²) < 4.78 is 0. The molecule has 3 N–H and O–H groups in total. The Morgan fingerprint density at radius 3 is 1.93 bits per heavy atom. The Labute approximate surface area is 100 Å². The van der Waals surface area contributed by atoms with Crippen molar-refractivity contribution in [3.8, 4) is 0 Å². The van der Waals surface area contributed by atoms with E-state index in [4.69, 9.17) is 10.9 Å². The maximum atomic E-state index is 8.27. The van der Waals surface area contributed by atoms with Crippen molar-refractivity contribution in [3.63, 3.8) is 0 Å². The smallest absolute Gasteiger partial charge is 0.0587 e. The molecule has 0 saturated carbocycles. The zero-order chi connectivity index (χ0) is 10.9. The van der Waals surface area contributed by atoms with E-state index in [2.05, 4.69) is 5.16 Å². The minimum Gasteiger partial charge on any atom is -0.411 e. The first-order valence-corrected chi connectivity index (χ1v) is 7.74. The summed E-state index contributed by atoms with van der Waals surface area (Å²) in [4.78, 5) is 0. The van der Waals surface area contributed by atoms with Crippen LogP contribution in [0, 0.1) is 0 Å². The number of rotatable bonds is 0. The molecule has 2 saturated heterocycles. The van der Waals surface area contributed by atoms with E-state index in [-0.39, 0.29) is 0 Å². The van der Waals surface area contributed by atoms with E-state index in [1.165, 1.54) is 24.3 Å². The summed E-state index contributed by atoms with van der Waals surface area (Å²) in [5.74, 6) is 4.81. The van der Waals surface area contributed by atoms with Crippen LogP contribution in [0.25, 0.3) is 0 Å². The Hall–Kier alpha value is 0.130. The molecule has 15 heavy (non-hydrogen) atoms. The van der Waals surface area contributed by atoms with Crippen LogP contribution in [0.15, 0.2) is 5.16 Å². The summed E-state index contributed by atoms with van der Waals surface area (Å²) in [5, 5.41) is 11.4. The third-order valence-corrected chi connectivity index (χ3v) is 4.51. The molecule has 0 aromatic rings. The lowest BCUT2D eigenvalue weighted by molar-refractivity contribution is 0.316. The quantitative estimate of drug-likeness (QED) is 0.509. The van der Waals surface area contributed by atoms with E-state index < -0.39 is 0 Å². The first-order valence-electron chi connectivity index (χ1n) is 5.44. The van der Waals surface area contributed by atoms with E-state index in [9.17, 15) is 0 Å². The van der Waals surface area contributed by atoms with Crippen molar-refractivity contribution in [2.75, 3.05) is 23.0 Å². The van der Waals surface area contributed by atoms with Gasteiger partial charge in [0.25, 0.3) is 0 Å². The minimum atomic E-state index is 0.515. The van der Waals surface area contributed by atoms with Crippen LogP contribution < -0.4 is 5.73 Å². The van der Waals surface area contributed by atoms with Gasteiger partial charge in [-0.2, -0.15) is 23.5 Å². The average Bonchev–Trinajstić information content (AvgIpc) is 2.32. The molecule has 0 aromatic heterocycles. The lowest BCUT2D eigenvalue weighted by Gasteiger charge is -2.15. The highest BCUT2D eigenvalue weighted by molar-refractivity contribution is 7.99. The van der Waals surface area contributed by atoms with Gasteiger partial charge < -0.3 is 10.9 Å². The van der Waals surface area contributed by atoms with Crippen molar-refractivity contribution in [3.05, 3.63) is 0 Å². The van der Waals surface area contributed by atoms with E-state index >= 15 is 0 Å². The summed E-state index contributed by atoms with van der Waals surface area (Å²) in [6.07, 6.45) is 4.40. The van der Waals surface area contributed by atoms with Gasteiger partial charge in [0.2, 0.25) is 0 Å². The number of hydrogen-bond donors (Lipinski definition) is 2. The molecule has 5 heteroatoms. The molecule has 0 bridgehead atoms. The Morgan fingerprint density at radius 1 is 1.07 bits per heavy atom. The fourth-order valence-electron chi connectivity index (χ4n) is 1.42. The monoisotopic (exact) mass is 248 g/mol. The average molecular weight is 248 g/mol. The number of hydrogen-bond acceptors (Lipinski definition) is 5. The fourth-order valence-corrected chi connectivity index (χ4v) is 3.53. The van der Waals surface area contributed by atoms with Gasteiger partial charge in [-0.25, -0.2) is 0 Å². The minimum absolute atomic E-state index is 0.515. The van der Waals surface area contributed by atoms with Crippen LogP contribution in [-0.4, -0.2) is 40.0 Å². The SMILES string of the molecule is NC1CCSCC1.ON=C1CCSCC1. The zero-order valence-electron chi connectivity index (χ0n) is 9.02. The summed E-state index contributed by atoms with van der Waals surface area (Å²) in [6, 6.07) is 0.515. The molecular weight excluding hydrogens is 228 g/mol. The lowest BCUT2D eigenvalue weighted by Crippen LogP contribution is -2.24. The molecule has 2 aliphatic heterocycles. The molecular formula is C10H20N2OS2. The van der Waals surface area contributed by atoms with Crippen molar-refractivity contribution in [1.82, 2.24) is 0 Å². The molecule has 3 nitrogen and oxygen atoms in total. The second-order valence-corrected chi connectivity index (χ2v) is 6.18. The highest BCUT2D eigenvalue weighted by atomic mass is 32.2. The lowest BCUT2D eigenvalue weighted by atomic mass is 10.2. The molecule has 0 amide bonds. The van der Waals surface area contributed by atoms with Gasteiger partial charge in [0.15, 0.2) is 0 Å². The van der Waals surface area contributed by atoms with Gasteiger partial charge >= 0.3 is 0 Å². The second kappa shape index (κ2) is 8.30. The van der Waals surface area contributed by atoms with Crippen molar-refractivity contribution >= 4 is 29.2 Å². The highest BCUT2D eigenvalue weighted by Crippen LogP contribution is 2.14. The first-order chi connectivity index (χ1) is 7.33. The van der Waals surface area contributed by atoms with Crippen molar-refractivity contribution in [2.24, 2.45) is 10.9 Å². The van der Waals surface area contributed by atoms with Gasteiger partial charge in [-0.05, 0) is 48.7 Å². The number of thioether (sulfide) groups is 2. The normalized spacial score (nSPS) is 22.9. The highest BCUT2D eigenvalue weighted by Gasteiger charge is 2.06. The molecule has 0 aliphatic carbocycles. The van der Waals surface area contributed by atoms with Gasteiger partial charge in [0.1, 0.15) is 0 Å². The molecule has 0 aromatic carbocycles. The van der Waals surface area contributed by atoms with Gasteiger partial charge in [-0.1, -0.05) is 5.16 Å². The third kappa shape index (κ3) is 6.33. The van der Waals surface area contributed by atoms with Crippen LogP contribution >= 0.6 is 23.5 Å². The van der Waals surface area contributed by atoms with Gasteiger partial charge in [-0.3, -0.25) is 0 Å². The van der Waals surface area contributed by atoms with E-state index in [1.54, 1.807) is 0 Å². The molecule has 2 aliphatic rings. The van der Waals surface area contributed by atoms with E-state index in [0.717, 1.165) is 30.1 Å². The Balaban J connectivity index is 0.000000151. The molecule has 0 radical (unpaired) electrons. The maximum absolute atomic E-state index is 8.27. The standard InChI is InChI=1S/C5H9NOS.C5H11NS/c7-6-5-1-3-8-4-2-5;6-5-1-3-7-4-2-5/h7H,1-4H2;5H,1-4,6H2. The van der Waals surface area contributed by atoms with E-state index in [1.807, 2.05) is 23.5 Å². The Bertz CT molecular complexity index is 186. The van der Waals surface area contributed by atoms with Crippen LogP contribution in [0.3, 0.4) is 0 Å². The summed E-state index contributed by atoms with van der Waals surface area (Å²) in [7, 11) is 0. The van der Waals surface area contributed by atoms with Crippen molar-refractivity contribution in [2.45, 2.75) is 31.7 Å². The van der Waals surface area contributed by atoms with Gasteiger partial charge in [0.05, 0.1) is 5.71 Å². The predicted octanol–water partition coefficient (Wildman–Crippen LogP) is 2.18. The molecule has 0 unspecified atom stereocenters. The van der Waals surface area contributed by atoms with Crippen molar-refractivity contribution < 1.29 is 5.21 Å². The molecule has 2 rings (SSSR count). The van der Waals surface area contributed by atoms with Gasteiger partial charge in [-0.15, -0.1) is 0 Å². The van der Waals surface area contributed by atoms with Crippen molar-refractivity contribution in [1.29, 1.82) is 0 Å². The first kappa shape index (κ1) is 13.2. The van der Waals surface area contributed by atoms with Crippen LogP contribution in [-0.2, 0) is 0 Å². The van der Waals surface area contributed by atoms with Crippen LogP contribution in [0.1, 0.15) is 25.7 Å². The third-order valence-electron chi connectivity index (χ3n) is 2.48. The molecule has 0 atom stereocenters.